The number of H-pyrrole nitrogens is 1. The second-order valence-corrected chi connectivity index (χ2v) is 6.03. The van der Waals surface area contributed by atoms with Crippen LogP contribution in [0.1, 0.15) is 30.4 Å². The van der Waals surface area contributed by atoms with Gasteiger partial charge >= 0.3 is 6.61 Å². The van der Waals surface area contributed by atoms with Gasteiger partial charge in [-0.3, -0.25) is 9.89 Å². The summed E-state index contributed by atoms with van der Waals surface area (Å²) in [5, 5.41) is 11.3. The molecule has 7 nitrogen and oxygen atoms in total. The highest BCUT2D eigenvalue weighted by molar-refractivity contribution is 5.59. The van der Waals surface area contributed by atoms with Gasteiger partial charge in [-0.15, -0.1) is 0 Å². The predicted molar refractivity (Wildman–Crippen MR) is 88.0 cm³/mol. The van der Waals surface area contributed by atoms with Crippen molar-refractivity contribution in [1.29, 1.82) is 0 Å². The van der Waals surface area contributed by atoms with Gasteiger partial charge in [-0.1, -0.05) is 0 Å². The van der Waals surface area contributed by atoms with Crippen LogP contribution in [-0.4, -0.2) is 31.6 Å². The lowest BCUT2D eigenvalue weighted by Gasteiger charge is -2.07. The van der Waals surface area contributed by atoms with Gasteiger partial charge in [0.05, 0.1) is 5.69 Å². The fourth-order valence-corrected chi connectivity index (χ4v) is 2.57. The number of hydrogen-bond donors (Lipinski definition) is 1. The first kappa shape index (κ1) is 16.4. The van der Waals surface area contributed by atoms with Crippen LogP contribution in [0.15, 0.2) is 41.2 Å². The van der Waals surface area contributed by atoms with Gasteiger partial charge in [-0.25, -0.2) is 9.67 Å². The average Bonchev–Trinajstić information content (AvgIpc) is 3.37. The maximum absolute atomic E-state index is 12.2. The Morgan fingerprint density at radius 2 is 1.96 bits per heavy atom. The molecule has 2 aromatic heterocycles. The van der Waals surface area contributed by atoms with Gasteiger partial charge in [0.25, 0.3) is 5.56 Å². The molecule has 0 bridgehead atoms. The lowest BCUT2D eigenvalue weighted by molar-refractivity contribution is -0.0498. The van der Waals surface area contributed by atoms with Gasteiger partial charge < -0.3 is 4.74 Å². The Kier molecular flexibility index (Phi) is 4.19. The van der Waals surface area contributed by atoms with Crippen molar-refractivity contribution in [3.05, 3.63) is 58.4 Å². The molecule has 0 saturated heterocycles. The molecule has 0 amide bonds. The second-order valence-electron chi connectivity index (χ2n) is 6.03. The van der Waals surface area contributed by atoms with Crippen molar-refractivity contribution < 1.29 is 13.5 Å². The fourth-order valence-electron chi connectivity index (χ4n) is 2.57. The van der Waals surface area contributed by atoms with E-state index in [9.17, 15) is 13.6 Å². The molecule has 9 heteroatoms. The molecule has 0 radical (unpaired) electrons. The van der Waals surface area contributed by atoms with E-state index in [0.29, 0.717) is 23.0 Å². The van der Waals surface area contributed by atoms with Crippen LogP contribution in [0.2, 0.25) is 0 Å². The summed E-state index contributed by atoms with van der Waals surface area (Å²) in [6.07, 6.45) is 2.19. The summed E-state index contributed by atoms with van der Waals surface area (Å²) in [5.74, 6) is 1.83. The van der Waals surface area contributed by atoms with Gasteiger partial charge in [0, 0.05) is 17.5 Å². The fraction of sp³-hybridized carbons (Fsp3) is 0.294. The summed E-state index contributed by atoms with van der Waals surface area (Å²) >= 11 is 0. The van der Waals surface area contributed by atoms with E-state index in [-0.39, 0.29) is 17.9 Å². The molecule has 4 rings (SSSR count). The smallest absolute Gasteiger partial charge is 0.387 e. The molecule has 2 heterocycles. The number of alkyl halides is 2. The lowest BCUT2D eigenvalue weighted by atomic mass is 10.1. The molecule has 3 aromatic rings. The normalized spacial score (nSPS) is 14.0. The van der Waals surface area contributed by atoms with Gasteiger partial charge in [0.2, 0.25) is 0 Å². The Morgan fingerprint density at radius 3 is 2.65 bits per heavy atom. The Morgan fingerprint density at radius 1 is 1.19 bits per heavy atom. The average molecular weight is 359 g/mol. The van der Waals surface area contributed by atoms with E-state index in [1.54, 1.807) is 18.2 Å². The highest BCUT2D eigenvalue weighted by Gasteiger charge is 2.27. The Hall–Kier alpha value is -3.10. The van der Waals surface area contributed by atoms with Crippen LogP contribution < -0.4 is 10.3 Å². The number of nitrogens with zero attached hydrogens (tertiary/aromatic N) is 4. The third kappa shape index (κ3) is 3.61. The maximum Gasteiger partial charge on any atom is 0.387 e. The monoisotopic (exact) mass is 359 g/mol. The first-order valence-corrected chi connectivity index (χ1v) is 8.13. The number of rotatable bonds is 6. The summed E-state index contributed by atoms with van der Waals surface area (Å²) in [5.41, 5.74) is 0.947. The van der Waals surface area contributed by atoms with E-state index in [1.807, 2.05) is 0 Å². The van der Waals surface area contributed by atoms with E-state index in [2.05, 4.69) is 25.0 Å². The highest BCUT2D eigenvalue weighted by atomic mass is 19.3. The summed E-state index contributed by atoms with van der Waals surface area (Å²) in [4.78, 5) is 16.5. The van der Waals surface area contributed by atoms with Crippen molar-refractivity contribution in [3.63, 3.8) is 0 Å². The Bertz CT molecular complexity index is 964. The largest absolute Gasteiger partial charge is 0.435 e. The molecular weight excluding hydrogens is 344 g/mol. The minimum Gasteiger partial charge on any atom is -0.435 e. The predicted octanol–water partition coefficient (Wildman–Crippen LogP) is 2.56. The molecule has 1 fully saturated rings. The second kappa shape index (κ2) is 6.66. The van der Waals surface area contributed by atoms with Gasteiger partial charge in [-0.05, 0) is 43.2 Å². The van der Waals surface area contributed by atoms with Gasteiger partial charge in [-0.2, -0.15) is 19.0 Å². The maximum atomic E-state index is 12.2. The summed E-state index contributed by atoms with van der Waals surface area (Å²) in [6.45, 7) is -2.69. The van der Waals surface area contributed by atoms with Crippen molar-refractivity contribution in [2.24, 2.45) is 0 Å². The van der Waals surface area contributed by atoms with Gasteiger partial charge in [0.1, 0.15) is 18.1 Å². The van der Waals surface area contributed by atoms with Crippen molar-refractivity contribution in [1.82, 2.24) is 25.0 Å². The molecule has 134 valence electrons. The quantitative estimate of drug-likeness (QED) is 0.731. The molecule has 1 N–H and O–H groups in total. The first-order chi connectivity index (χ1) is 12.6. The molecule has 1 aromatic carbocycles. The van der Waals surface area contributed by atoms with Crippen LogP contribution in [0.25, 0.3) is 11.3 Å². The number of halogens is 2. The number of ether oxygens (including phenoxy) is 1. The number of benzene rings is 1. The van der Waals surface area contributed by atoms with Crippen LogP contribution >= 0.6 is 0 Å². The zero-order valence-corrected chi connectivity index (χ0v) is 13.6. The van der Waals surface area contributed by atoms with Crippen molar-refractivity contribution in [2.75, 3.05) is 0 Å². The van der Waals surface area contributed by atoms with Crippen molar-refractivity contribution in [3.8, 4) is 17.0 Å². The standard InChI is InChI=1S/C17H15F2N5O2/c18-17(19)26-12-5-3-10(4-6-12)13-7-8-15(25)24(23-13)9-14-20-16(22-21-14)11-1-2-11/h3-8,11,17H,1-2,9H2,(H,20,21,22). The Balaban J connectivity index is 1.56. The third-order valence-corrected chi connectivity index (χ3v) is 4.03. The molecule has 0 spiro atoms. The Labute approximate surface area is 146 Å². The van der Waals surface area contributed by atoms with E-state index < -0.39 is 6.61 Å². The summed E-state index contributed by atoms with van der Waals surface area (Å²) in [6, 6.07) is 9.05. The lowest BCUT2D eigenvalue weighted by Crippen LogP contribution is -2.23. The van der Waals surface area contributed by atoms with E-state index in [0.717, 1.165) is 18.7 Å². The molecule has 1 aliphatic rings. The van der Waals surface area contributed by atoms with E-state index in [1.165, 1.54) is 22.9 Å². The number of hydrogen-bond acceptors (Lipinski definition) is 5. The van der Waals surface area contributed by atoms with E-state index >= 15 is 0 Å². The van der Waals surface area contributed by atoms with Gasteiger partial charge in [0.15, 0.2) is 5.82 Å². The molecule has 1 aliphatic carbocycles. The zero-order valence-electron chi connectivity index (χ0n) is 13.6. The van der Waals surface area contributed by atoms with Crippen LogP contribution in [0, 0.1) is 0 Å². The van der Waals surface area contributed by atoms with Crippen LogP contribution in [0.4, 0.5) is 8.78 Å². The summed E-state index contributed by atoms with van der Waals surface area (Å²) < 4.78 is 30.0. The van der Waals surface area contributed by atoms with Crippen LogP contribution in [0.5, 0.6) is 5.75 Å². The third-order valence-electron chi connectivity index (χ3n) is 4.03. The first-order valence-electron chi connectivity index (χ1n) is 8.13. The minimum atomic E-state index is -2.87. The highest BCUT2D eigenvalue weighted by Crippen LogP contribution is 2.37. The number of aromatic nitrogens is 5. The van der Waals surface area contributed by atoms with Crippen molar-refractivity contribution >= 4 is 0 Å². The number of aromatic amines is 1. The SMILES string of the molecule is O=c1ccc(-c2ccc(OC(F)F)cc2)nn1Cc1nc(C2CC2)n[nH]1. The minimum absolute atomic E-state index is 0.0614. The van der Waals surface area contributed by atoms with Crippen LogP contribution in [0.3, 0.4) is 0 Å². The number of nitrogens with one attached hydrogen (secondary N) is 1. The van der Waals surface area contributed by atoms with Crippen molar-refractivity contribution in [2.45, 2.75) is 31.9 Å². The summed E-state index contributed by atoms with van der Waals surface area (Å²) in [7, 11) is 0. The molecule has 0 unspecified atom stereocenters. The van der Waals surface area contributed by atoms with Crippen LogP contribution in [-0.2, 0) is 6.54 Å². The molecule has 0 aliphatic heterocycles. The molecule has 1 saturated carbocycles. The van der Waals surface area contributed by atoms with E-state index in [4.69, 9.17) is 0 Å². The molecular formula is C17H15F2N5O2. The topological polar surface area (TPSA) is 85.7 Å². The zero-order chi connectivity index (χ0) is 18.1. The molecule has 26 heavy (non-hydrogen) atoms. The molecule has 0 atom stereocenters.